The van der Waals surface area contributed by atoms with E-state index in [4.69, 9.17) is 9.15 Å². The first-order chi connectivity index (χ1) is 21.3. The number of pyridine rings is 1. The number of ether oxygens (including phenoxy) is 1. The van der Waals surface area contributed by atoms with Crippen molar-refractivity contribution in [1.82, 2.24) is 15.6 Å². The van der Waals surface area contributed by atoms with Crippen LogP contribution >= 0.6 is 0 Å². The Morgan fingerprint density at radius 2 is 1.77 bits per heavy atom. The molecule has 7 nitrogen and oxygen atoms in total. The molecule has 44 heavy (non-hydrogen) atoms. The van der Waals surface area contributed by atoms with E-state index in [1.54, 1.807) is 25.4 Å². The highest BCUT2D eigenvalue weighted by molar-refractivity contribution is 6.12. The fourth-order valence-corrected chi connectivity index (χ4v) is 5.54. The molecular weight excluding hydrogens is 557 g/mol. The molecule has 2 amide bonds. The van der Waals surface area contributed by atoms with Gasteiger partial charge in [-0.15, -0.1) is 0 Å². The molecule has 1 saturated carbocycles. The average Bonchev–Trinajstić information content (AvgIpc) is 3.72. The van der Waals surface area contributed by atoms with Crippen LogP contribution in [-0.2, 0) is 5.54 Å². The monoisotopic (exact) mass is 591 g/mol. The molecule has 3 aromatic carbocycles. The fraction of sp³-hybridized carbons (Fsp3) is 0.250. The van der Waals surface area contributed by atoms with Crippen molar-refractivity contribution in [2.75, 3.05) is 13.7 Å². The average molecular weight is 592 g/mol. The SMILES string of the molecule is CCCCOc1cc(C)c(-c2ccc3oc(-c4ccc(F)cc4)c(C(=O)NC)c3c2)cc1C(=O)NC1(c2ccccn2)CC1. The minimum absolute atomic E-state index is 0.227. The largest absolute Gasteiger partial charge is 0.493 e. The van der Waals surface area contributed by atoms with Crippen molar-refractivity contribution < 1.29 is 23.1 Å². The number of hydrogen-bond donors (Lipinski definition) is 2. The molecule has 0 atom stereocenters. The summed E-state index contributed by atoms with van der Waals surface area (Å²) in [5, 5.41) is 6.55. The van der Waals surface area contributed by atoms with E-state index in [-0.39, 0.29) is 17.6 Å². The first kappa shape index (κ1) is 29.1. The van der Waals surface area contributed by atoms with Gasteiger partial charge in [0.05, 0.1) is 29.0 Å². The summed E-state index contributed by atoms with van der Waals surface area (Å²) in [5.74, 6) is -0.0325. The van der Waals surface area contributed by atoms with Crippen LogP contribution in [0.15, 0.2) is 83.4 Å². The van der Waals surface area contributed by atoms with Gasteiger partial charge >= 0.3 is 0 Å². The van der Waals surface area contributed by atoms with Crippen molar-refractivity contribution in [3.8, 4) is 28.2 Å². The minimum Gasteiger partial charge on any atom is -0.493 e. The molecule has 8 heteroatoms. The zero-order chi connectivity index (χ0) is 30.8. The number of halogens is 1. The Kier molecular flexibility index (Phi) is 7.91. The molecular formula is C36H34FN3O4. The molecule has 2 aromatic heterocycles. The molecule has 0 unspecified atom stereocenters. The number of aryl methyl sites for hydroxylation is 1. The molecule has 6 rings (SSSR count). The van der Waals surface area contributed by atoms with Gasteiger partial charge in [-0.25, -0.2) is 4.39 Å². The van der Waals surface area contributed by atoms with E-state index in [1.165, 1.54) is 12.1 Å². The van der Waals surface area contributed by atoms with Crippen LogP contribution in [0, 0.1) is 12.7 Å². The molecule has 0 bridgehead atoms. The van der Waals surface area contributed by atoms with Crippen molar-refractivity contribution in [2.45, 2.75) is 45.1 Å². The highest BCUT2D eigenvalue weighted by atomic mass is 19.1. The number of aromatic nitrogens is 1. The van der Waals surface area contributed by atoms with Crippen LogP contribution in [0.5, 0.6) is 5.75 Å². The first-order valence-corrected chi connectivity index (χ1v) is 14.9. The van der Waals surface area contributed by atoms with Crippen LogP contribution in [-0.4, -0.2) is 30.5 Å². The van der Waals surface area contributed by atoms with Crippen molar-refractivity contribution >= 4 is 22.8 Å². The van der Waals surface area contributed by atoms with Crippen LogP contribution < -0.4 is 15.4 Å². The van der Waals surface area contributed by atoms with E-state index < -0.39 is 5.54 Å². The minimum atomic E-state index is -0.487. The Morgan fingerprint density at radius 3 is 2.45 bits per heavy atom. The van der Waals surface area contributed by atoms with Gasteiger partial charge < -0.3 is 19.8 Å². The summed E-state index contributed by atoms with van der Waals surface area (Å²) in [7, 11) is 1.56. The highest BCUT2D eigenvalue weighted by Gasteiger charge is 2.47. The normalized spacial score (nSPS) is 13.5. The number of rotatable bonds is 10. The summed E-state index contributed by atoms with van der Waals surface area (Å²) in [6, 6.07) is 21.0. The lowest BCUT2D eigenvalue weighted by Crippen LogP contribution is -2.35. The zero-order valence-corrected chi connectivity index (χ0v) is 25.0. The third kappa shape index (κ3) is 5.55. The molecule has 224 valence electrons. The lowest BCUT2D eigenvalue weighted by molar-refractivity contribution is 0.0924. The number of furan rings is 1. The maximum Gasteiger partial charge on any atom is 0.255 e. The quantitative estimate of drug-likeness (QED) is 0.164. The van der Waals surface area contributed by atoms with Gasteiger partial charge in [-0.1, -0.05) is 25.5 Å². The predicted octanol–water partition coefficient (Wildman–Crippen LogP) is 7.57. The van der Waals surface area contributed by atoms with Crippen LogP contribution in [0.2, 0.25) is 0 Å². The Morgan fingerprint density at radius 1 is 1.00 bits per heavy atom. The molecule has 0 spiro atoms. The number of hydrogen-bond acceptors (Lipinski definition) is 5. The number of carbonyl (C=O) groups is 2. The van der Waals surface area contributed by atoms with Crippen molar-refractivity contribution in [1.29, 1.82) is 0 Å². The summed E-state index contributed by atoms with van der Waals surface area (Å²) < 4.78 is 25.9. The molecule has 1 aliphatic carbocycles. The number of fused-ring (bicyclic) bond motifs is 1. The Balaban J connectivity index is 1.43. The summed E-state index contributed by atoms with van der Waals surface area (Å²) in [5.41, 5.74) is 4.83. The number of benzene rings is 3. The topological polar surface area (TPSA) is 93.5 Å². The van der Waals surface area contributed by atoms with Crippen LogP contribution in [0.25, 0.3) is 33.4 Å². The van der Waals surface area contributed by atoms with Crippen LogP contribution in [0.3, 0.4) is 0 Å². The van der Waals surface area contributed by atoms with Gasteiger partial charge in [-0.3, -0.25) is 14.6 Å². The fourth-order valence-electron chi connectivity index (χ4n) is 5.54. The smallest absolute Gasteiger partial charge is 0.255 e. The number of amides is 2. The maximum atomic E-state index is 13.9. The Hall–Kier alpha value is -4.98. The summed E-state index contributed by atoms with van der Waals surface area (Å²) in [6.07, 6.45) is 5.22. The van der Waals surface area contributed by atoms with E-state index >= 15 is 0 Å². The van der Waals surface area contributed by atoms with Gasteiger partial charge in [0.1, 0.15) is 22.9 Å². The Bertz CT molecular complexity index is 1840. The molecule has 0 saturated heterocycles. The van der Waals surface area contributed by atoms with Gasteiger partial charge in [-0.2, -0.15) is 0 Å². The van der Waals surface area contributed by atoms with E-state index in [0.29, 0.717) is 45.8 Å². The second kappa shape index (κ2) is 12.0. The van der Waals surface area contributed by atoms with Gasteiger partial charge in [0, 0.05) is 24.2 Å². The lowest BCUT2D eigenvalue weighted by Gasteiger charge is -2.20. The summed E-state index contributed by atoms with van der Waals surface area (Å²) in [4.78, 5) is 31.5. The van der Waals surface area contributed by atoms with Crippen molar-refractivity contribution in [3.63, 3.8) is 0 Å². The third-order valence-corrected chi connectivity index (χ3v) is 8.14. The predicted molar refractivity (Wildman–Crippen MR) is 168 cm³/mol. The van der Waals surface area contributed by atoms with Gasteiger partial charge in [0.2, 0.25) is 0 Å². The number of unbranched alkanes of at least 4 members (excludes halogenated alkanes) is 1. The van der Waals surface area contributed by atoms with Gasteiger partial charge in [0.25, 0.3) is 11.8 Å². The number of carbonyl (C=O) groups excluding carboxylic acids is 2. The van der Waals surface area contributed by atoms with Crippen LogP contribution in [0.1, 0.15) is 64.6 Å². The summed E-state index contributed by atoms with van der Waals surface area (Å²) >= 11 is 0. The van der Waals surface area contributed by atoms with Crippen molar-refractivity contribution in [3.05, 3.63) is 107 Å². The van der Waals surface area contributed by atoms with Crippen LogP contribution in [0.4, 0.5) is 4.39 Å². The molecule has 1 fully saturated rings. The molecule has 0 aliphatic heterocycles. The van der Waals surface area contributed by atoms with E-state index in [1.807, 2.05) is 55.5 Å². The zero-order valence-electron chi connectivity index (χ0n) is 25.0. The number of nitrogens with zero attached hydrogens (tertiary/aromatic N) is 1. The van der Waals surface area contributed by atoms with Gasteiger partial charge in [-0.05, 0) is 104 Å². The molecule has 2 N–H and O–H groups in total. The second-order valence-corrected chi connectivity index (χ2v) is 11.2. The van der Waals surface area contributed by atoms with E-state index in [9.17, 15) is 14.0 Å². The second-order valence-electron chi connectivity index (χ2n) is 11.2. The molecule has 5 aromatic rings. The van der Waals surface area contributed by atoms with Gasteiger partial charge in [0.15, 0.2) is 0 Å². The molecule has 0 radical (unpaired) electrons. The van der Waals surface area contributed by atoms with E-state index in [2.05, 4.69) is 22.5 Å². The van der Waals surface area contributed by atoms with Crippen molar-refractivity contribution in [2.24, 2.45) is 0 Å². The third-order valence-electron chi connectivity index (χ3n) is 8.14. The highest BCUT2D eigenvalue weighted by Crippen LogP contribution is 2.45. The summed E-state index contributed by atoms with van der Waals surface area (Å²) in [6.45, 7) is 4.57. The molecule has 1 aliphatic rings. The lowest BCUT2D eigenvalue weighted by atomic mass is 9.94. The first-order valence-electron chi connectivity index (χ1n) is 14.9. The van der Waals surface area contributed by atoms with E-state index in [0.717, 1.165) is 48.1 Å². The molecule has 2 heterocycles. The maximum absolute atomic E-state index is 13.9. The standard InChI is InChI=1S/C36H34FN3O4/c1-4-5-18-43-30-19-22(2)26(21-28(30)34(41)40-36(15-16-36)31-8-6-7-17-39-31)24-11-14-29-27(20-24)32(35(42)38-3)33(44-29)23-9-12-25(37)13-10-23/h6-14,17,19-21H,4-5,15-16,18H2,1-3H3,(H,38,42)(H,40,41). The number of nitrogens with one attached hydrogen (secondary N) is 2. The Labute approximate surface area is 255 Å².